The first-order valence-corrected chi connectivity index (χ1v) is 9.39. The number of hydrogen-bond donors (Lipinski definition) is 1. The number of amides is 1. The van der Waals surface area contributed by atoms with Gasteiger partial charge >= 0.3 is 0 Å². The van der Waals surface area contributed by atoms with Crippen molar-refractivity contribution >= 4 is 22.2 Å². The molecule has 0 aliphatic carbocycles. The van der Waals surface area contributed by atoms with Crippen molar-refractivity contribution in [2.75, 3.05) is 44.2 Å². The summed E-state index contributed by atoms with van der Waals surface area (Å²) >= 11 is 1.75. The number of hydrogen-bond acceptors (Lipinski definition) is 6. The summed E-state index contributed by atoms with van der Waals surface area (Å²) in [5, 5.41) is 15.0. The molecule has 0 radical (unpaired) electrons. The molecule has 2 aliphatic heterocycles. The molecule has 2 aliphatic rings. The molecule has 2 aromatic rings. The fraction of sp³-hybridized carbons (Fsp3) is 0.562. The smallest absolute Gasteiger partial charge is 0.276 e. The van der Waals surface area contributed by atoms with Crippen LogP contribution < -0.4 is 10.2 Å². The van der Waals surface area contributed by atoms with Gasteiger partial charge in [0.1, 0.15) is 0 Å². The van der Waals surface area contributed by atoms with Gasteiger partial charge in [-0.3, -0.25) is 4.79 Å². The zero-order valence-electron chi connectivity index (χ0n) is 13.6. The normalized spacial score (nSPS) is 19.7. The number of anilines is 1. The number of thiophene rings is 1. The Hall–Kier alpha value is -1.93. The lowest BCUT2D eigenvalue weighted by Gasteiger charge is -2.34. The van der Waals surface area contributed by atoms with Crippen LogP contribution in [0.4, 0.5) is 5.00 Å². The fourth-order valence-electron chi connectivity index (χ4n) is 3.37. The van der Waals surface area contributed by atoms with Crippen molar-refractivity contribution in [3.05, 3.63) is 29.4 Å². The Labute approximate surface area is 145 Å². The predicted molar refractivity (Wildman–Crippen MR) is 93.6 cm³/mol. The van der Waals surface area contributed by atoms with Crippen LogP contribution in [0.25, 0.3) is 0 Å². The monoisotopic (exact) mass is 346 g/mol. The van der Waals surface area contributed by atoms with Crippen molar-refractivity contribution in [2.45, 2.75) is 18.9 Å². The minimum absolute atomic E-state index is 0.000939. The molecule has 0 saturated carbocycles. The number of aromatic nitrogens is 3. The molecule has 2 aromatic heterocycles. The number of piperazine rings is 1. The van der Waals surface area contributed by atoms with Crippen LogP contribution in [0.2, 0.25) is 0 Å². The van der Waals surface area contributed by atoms with Crippen LogP contribution in [0.5, 0.6) is 0 Å². The average Bonchev–Trinajstić information content (AvgIpc) is 3.34. The van der Waals surface area contributed by atoms with Crippen LogP contribution in [0.1, 0.15) is 29.4 Å². The molecule has 4 rings (SSSR count). The van der Waals surface area contributed by atoms with E-state index < -0.39 is 0 Å². The van der Waals surface area contributed by atoms with Crippen LogP contribution in [0.15, 0.2) is 23.7 Å². The summed E-state index contributed by atoms with van der Waals surface area (Å²) in [6.45, 7) is 5.20. The van der Waals surface area contributed by atoms with Gasteiger partial charge in [0.15, 0.2) is 5.69 Å². The average molecular weight is 346 g/mol. The quantitative estimate of drug-likeness (QED) is 0.905. The molecule has 24 heavy (non-hydrogen) atoms. The standard InChI is InChI=1S/C16H22N6OS/c23-16(14-12-22(19-18-14)13-3-5-17-6-4-13)21-9-7-20(8-10-21)15-2-1-11-24-15/h1-2,11-13,17H,3-10H2. The molecule has 1 amide bonds. The van der Waals surface area contributed by atoms with E-state index >= 15 is 0 Å². The maximum absolute atomic E-state index is 12.7. The molecule has 0 atom stereocenters. The molecule has 2 fully saturated rings. The van der Waals surface area contributed by atoms with Gasteiger partial charge in [-0.25, -0.2) is 4.68 Å². The zero-order valence-corrected chi connectivity index (χ0v) is 14.4. The molecule has 7 nitrogen and oxygen atoms in total. The lowest BCUT2D eigenvalue weighted by molar-refractivity contribution is 0.0741. The van der Waals surface area contributed by atoms with Crippen molar-refractivity contribution < 1.29 is 4.79 Å². The maximum Gasteiger partial charge on any atom is 0.276 e. The third kappa shape index (κ3) is 3.16. The molecular weight excluding hydrogens is 324 g/mol. The highest BCUT2D eigenvalue weighted by atomic mass is 32.1. The van der Waals surface area contributed by atoms with Gasteiger partial charge in [0.25, 0.3) is 5.91 Å². The van der Waals surface area contributed by atoms with Crippen molar-refractivity contribution in [1.82, 2.24) is 25.2 Å². The van der Waals surface area contributed by atoms with Gasteiger partial charge in [0, 0.05) is 26.2 Å². The molecule has 0 aromatic carbocycles. The Kier molecular flexibility index (Phi) is 4.48. The Morgan fingerprint density at radius 3 is 2.71 bits per heavy atom. The number of nitrogens with one attached hydrogen (secondary N) is 1. The van der Waals surface area contributed by atoms with E-state index in [0.717, 1.165) is 52.1 Å². The van der Waals surface area contributed by atoms with Crippen molar-refractivity contribution in [3.8, 4) is 0 Å². The molecule has 8 heteroatoms. The number of rotatable bonds is 3. The number of carbonyl (C=O) groups excluding carboxylic acids is 1. The van der Waals surface area contributed by atoms with E-state index in [1.165, 1.54) is 5.00 Å². The Morgan fingerprint density at radius 2 is 2.00 bits per heavy atom. The minimum atomic E-state index is 0.000939. The van der Waals surface area contributed by atoms with E-state index in [-0.39, 0.29) is 5.91 Å². The second-order valence-electron chi connectivity index (χ2n) is 6.30. The predicted octanol–water partition coefficient (Wildman–Crippen LogP) is 1.23. The van der Waals surface area contributed by atoms with E-state index in [9.17, 15) is 4.79 Å². The second kappa shape index (κ2) is 6.90. The third-order valence-corrected chi connectivity index (χ3v) is 5.73. The highest BCUT2D eigenvalue weighted by Crippen LogP contribution is 2.23. The zero-order chi connectivity index (χ0) is 16.4. The lowest BCUT2D eigenvalue weighted by Crippen LogP contribution is -2.48. The molecule has 128 valence electrons. The van der Waals surface area contributed by atoms with Gasteiger partial charge in [0.2, 0.25) is 0 Å². The topological polar surface area (TPSA) is 66.3 Å². The Balaban J connectivity index is 1.37. The lowest BCUT2D eigenvalue weighted by atomic mass is 10.1. The van der Waals surface area contributed by atoms with Gasteiger partial charge < -0.3 is 15.1 Å². The molecule has 0 unspecified atom stereocenters. The SMILES string of the molecule is O=C(c1cn(C2CCNCC2)nn1)N1CCN(c2cccs2)CC1. The first kappa shape index (κ1) is 15.6. The summed E-state index contributed by atoms with van der Waals surface area (Å²) < 4.78 is 1.87. The maximum atomic E-state index is 12.7. The van der Waals surface area contributed by atoms with Gasteiger partial charge in [-0.2, -0.15) is 0 Å². The summed E-state index contributed by atoms with van der Waals surface area (Å²) in [5.41, 5.74) is 0.470. The van der Waals surface area contributed by atoms with Crippen LogP contribution in [-0.4, -0.2) is 65.1 Å². The van der Waals surface area contributed by atoms with E-state index in [0.29, 0.717) is 11.7 Å². The van der Waals surface area contributed by atoms with E-state index in [1.54, 1.807) is 11.3 Å². The molecule has 1 N–H and O–H groups in total. The number of nitrogens with zero attached hydrogens (tertiary/aromatic N) is 5. The molecule has 0 bridgehead atoms. The van der Waals surface area contributed by atoms with E-state index in [2.05, 4.69) is 38.0 Å². The summed E-state index contributed by atoms with van der Waals surface area (Å²) in [6, 6.07) is 4.56. The van der Waals surface area contributed by atoms with E-state index in [4.69, 9.17) is 0 Å². The second-order valence-corrected chi connectivity index (χ2v) is 7.22. The summed E-state index contributed by atoms with van der Waals surface area (Å²) in [6.07, 6.45) is 3.90. The minimum Gasteiger partial charge on any atom is -0.360 e. The van der Waals surface area contributed by atoms with Crippen molar-refractivity contribution in [2.24, 2.45) is 0 Å². The Bertz CT molecular complexity index is 671. The van der Waals surface area contributed by atoms with Gasteiger partial charge in [-0.05, 0) is 43.4 Å². The van der Waals surface area contributed by atoms with Crippen LogP contribution in [0.3, 0.4) is 0 Å². The van der Waals surface area contributed by atoms with E-state index in [1.807, 2.05) is 15.8 Å². The highest BCUT2D eigenvalue weighted by Gasteiger charge is 2.25. The third-order valence-electron chi connectivity index (χ3n) is 4.80. The van der Waals surface area contributed by atoms with Gasteiger partial charge in [-0.1, -0.05) is 5.21 Å². The van der Waals surface area contributed by atoms with Crippen molar-refractivity contribution in [3.63, 3.8) is 0 Å². The van der Waals surface area contributed by atoms with Crippen LogP contribution in [0, 0.1) is 0 Å². The largest absolute Gasteiger partial charge is 0.360 e. The Morgan fingerprint density at radius 1 is 1.21 bits per heavy atom. The van der Waals surface area contributed by atoms with Crippen molar-refractivity contribution in [1.29, 1.82) is 0 Å². The molecule has 2 saturated heterocycles. The highest BCUT2D eigenvalue weighted by molar-refractivity contribution is 7.14. The summed E-state index contributed by atoms with van der Waals surface area (Å²) in [4.78, 5) is 16.9. The van der Waals surface area contributed by atoms with Gasteiger partial charge in [0.05, 0.1) is 17.2 Å². The fourth-order valence-corrected chi connectivity index (χ4v) is 4.15. The summed E-state index contributed by atoms with van der Waals surface area (Å²) in [5.74, 6) is 0.000939. The first-order chi connectivity index (χ1) is 11.8. The van der Waals surface area contributed by atoms with Crippen LogP contribution >= 0.6 is 11.3 Å². The summed E-state index contributed by atoms with van der Waals surface area (Å²) in [7, 11) is 0. The van der Waals surface area contributed by atoms with Crippen LogP contribution in [-0.2, 0) is 0 Å². The number of carbonyl (C=O) groups is 1. The first-order valence-electron chi connectivity index (χ1n) is 8.51. The molecule has 4 heterocycles. The molecular formula is C16H22N6OS. The molecule has 0 spiro atoms. The van der Waals surface area contributed by atoms with Gasteiger partial charge in [-0.15, -0.1) is 16.4 Å². The number of piperidine rings is 1.